The van der Waals surface area contributed by atoms with Gasteiger partial charge in [0.05, 0.1) is 6.42 Å². The molecule has 0 bridgehead atoms. The number of guanidine groups is 1. The lowest BCUT2D eigenvalue weighted by Gasteiger charge is -2.24. The van der Waals surface area contributed by atoms with Crippen LogP contribution in [0.4, 0.5) is 0 Å². The lowest BCUT2D eigenvalue weighted by molar-refractivity contribution is -0.137. The van der Waals surface area contributed by atoms with Gasteiger partial charge >= 0.3 is 5.97 Å². The van der Waals surface area contributed by atoms with Crippen molar-refractivity contribution in [2.24, 2.45) is 5.73 Å². The van der Waals surface area contributed by atoms with Crippen LogP contribution in [0.15, 0.2) is 0 Å². The van der Waals surface area contributed by atoms with Crippen LogP contribution in [-0.2, 0) is 4.79 Å². The van der Waals surface area contributed by atoms with Crippen LogP contribution < -0.4 is 11.1 Å². The van der Waals surface area contributed by atoms with Crippen molar-refractivity contribution in [2.75, 3.05) is 0 Å². The molecule has 0 aliphatic carbocycles. The topological polar surface area (TPSA) is 99.2 Å². The molecule has 60 valence electrons. The molecule has 0 rings (SSSR count). The summed E-state index contributed by atoms with van der Waals surface area (Å²) in [7, 11) is 3.34. The normalized spacial score (nSPS) is 10.5. The smallest absolute Gasteiger partial charge is 0.304 e. The van der Waals surface area contributed by atoms with Crippen molar-refractivity contribution in [2.45, 2.75) is 11.8 Å². The summed E-state index contributed by atoms with van der Waals surface area (Å²) >= 11 is 0. The first kappa shape index (κ1) is 9.87. The first-order valence-corrected chi connectivity index (χ1v) is 3.17. The van der Waals surface area contributed by atoms with Gasteiger partial charge in [-0.3, -0.25) is 10.2 Å². The van der Waals surface area contributed by atoms with Crippen LogP contribution in [0.1, 0.15) is 6.42 Å². The maximum absolute atomic E-state index is 10.2. The third kappa shape index (κ3) is 5.32. The van der Waals surface area contributed by atoms with Gasteiger partial charge in [-0.05, 0) is 5.34 Å². The summed E-state index contributed by atoms with van der Waals surface area (Å²) in [6.45, 7) is 0. The van der Waals surface area contributed by atoms with E-state index in [0.29, 0.717) is 0 Å². The van der Waals surface area contributed by atoms with Gasteiger partial charge in [0.2, 0.25) is 0 Å². The lowest BCUT2D eigenvalue weighted by atomic mass is 9.60. The summed E-state index contributed by atoms with van der Waals surface area (Å²) in [5.41, 5.74) is 5.03. The highest BCUT2D eigenvalue weighted by Crippen LogP contribution is 1.97. The van der Waals surface area contributed by atoms with Gasteiger partial charge in [-0.25, -0.2) is 0 Å². The van der Waals surface area contributed by atoms with Crippen molar-refractivity contribution in [3.8, 4) is 0 Å². The SMILES string of the molecule is BC(B)(CC(=O)O)NC(=N)N. The third-order valence-electron chi connectivity index (χ3n) is 1.07. The minimum Gasteiger partial charge on any atom is -0.481 e. The predicted octanol–water partition coefficient (Wildman–Crippen LogP) is -3.14. The molecular weight excluding hydrogens is 144 g/mol. The Morgan fingerprint density at radius 1 is 1.73 bits per heavy atom. The molecule has 0 saturated carbocycles. The van der Waals surface area contributed by atoms with Crippen LogP contribution in [0.3, 0.4) is 0 Å². The number of rotatable bonds is 3. The van der Waals surface area contributed by atoms with Gasteiger partial charge in [-0.2, -0.15) is 0 Å². The molecule has 11 heavy (non-hydrogen) atoms. The lowest BCUT2D eigenvalue weighted by Crippen LogP contribution is -2.53. The predicted molar refractivity (Wildman–Crippen MR) is 47.1 cm³/mol. The quantitative estimate of drug-likeness (QED) is 0.196. The average molecular weight is 155 g/mol. The number of carbonyl (C=O) groups is 1. The molecule has 0 aliphatic rings. The van der Waals surface area contributed by atoms with Crippen LogP contribution >= 0.6 is 0 Å². The molecule has 0 aromatic heterocycles. The fraction of sp³-hybridized carbons (Fsp3) is 0.500. The number of hydrogen-bond acceptors (Lipinski definition) is 2. The van der Waals surface area contributed by atoms with Gasteiger partial charge in [0, 0.05) is 0 Å². The molecule has 0 unspecified atom stereocenters. The Balaban J connectivity index is 3.99. The molecule has 0 radical (unpaired) electrons. The molecule has 0 fully saturated rings. The molecule has 5 N–H and O–H groups in total. The van der Waals surface area contributed by atoms with Crippen molar-refractivity contribution in [1.29, 1.82) is 5.41 Å². The monoisotopic (exact) mass is 155 g/mol. The first-order chi connectivity index (χ1) is 4.83. The van der Waals surface area contributed by atoms with Crippen LogP contribution in [0.5, 0.6) is 0 Å². The molecule has 0 aromatic rings. The summed E-state index contributed by atoms with van der Waals surface area (Å²) in [6, 6.07) is 0. The highest BCUT2D eigenvalue weighted by molar-refractivity contribution is 6.41. The molecule has 0 atom stereocenters. The summed E-state index contributed by atoms with van der Waals surface area (Å²) in [5.74, 6) is -1.12. The molecule has 0 aromatic carbocycles. The molecule has 7 heteroatoms. The van der Waals surface area contributed by atoms with Crippen LogP contribution in [-0.4, -0.2) is 38.1 Å². The van der Waals surface area contributed by atoms with E-state index in [9.17, 15) is 4.79 Å². The highest BCUT2D eigenvalue weighted by atomic mass is 16.4. The maximum atomic E-state index is 10.2. The van der Waals surface area contributed by atoms with Gasteiger partial charge in [-0.1, -0.05) is 0 Å². The Morgan fingerprint density at radius 2 is 2.18 bits per heavy atom. The van der Waals surface area contributed by atoms with E-state index in [1.54, 1.807) is 15.7 Å². The number of carboxylic acid groups (broad SMARTS) is 1. The minimum atomic E-state index is -0.913. The number of carboxylic acids is 1. The Hall–Kier alpha value is -1.13. The number of nitrogens with two attached hydrogens (primary N) is 1. The van der Waals surface area contributed by atoms with E-state index in [2.05, 4.69) is 5.32 Å². The molecule has 0 spiro atoms. The van der Waals surface area contributed by atoms with Gasteiger partial charge in [-0.15, -0.1) is 0 Å². The van der Waals surface area contributed by atoms with Crippen molar-refractivity contribution in [3.63, 3.8) is 0 Å². The van der Waals surface area contributed by atoms with E-state index in [4.69, 9.17) is 16.2 Å². The Labute approximate surface area is 66.7 Å². The zero-order valence-electron chi connectivity index (χ0n) is 6.64. The zero-order valence-corrected chi connectivity index (χ0v) is 6.64. The highest BCUT2D eigenvalue weighted by Gasteiger charge is 2.21. The van der Waals surface area contributed by atoms with Crippen LogP contribution in [0.2, 0.25) is 0 Å². The summed E-state index contributed by atoms with van der Waals surface area (Å²) in [6.07, 6.45) is -0.0629. The van der Waals surface area contributed by atoms with Gasteiger partial charge in [0.1, 0.15) is 15.7 Å². The number of nitrogens with one attached hydrogen (secondary N) is 2. The van der Waals surface area contributed by atoms with E-state index >= 15 is 0 Å². The molecule has 0 saturated heterocycles. The van der Waals surface area contributed by atoms with E-state index in [1.807, 2.05) is 0 Å². The maximum Gasteiger partial charge on any atom is 0.304 e. The summed E-state index contributed by atoms with van der Waals surface area (Å²) in [4.78, 5) is 10.2. The number of aliphatic carboxylic acids is 1. The average Bonchev–Trinajstić information content (AvgIpc) is 1.53. The fourth-order valence-electron chi connectivity index (χ4n) is 0.787. The summed E-state index contributed by atoms with van der Waals surface area (Å²) in [5, 5.41) is 17.2. The third-order valence-corrected chi connectivity index (χ3v) is 1.07. The first-order valence-electron chi connectivity index (χ1n) is 3.17. The molecule has 0 amide bonds. The second kappa shape index (κ2) is 3.32. The fourth-order valence-corrected chi connectivity index (χ4v) is 0.787. The molecule has 0 aliphatic heterocycles. The molecular formula is C4H11B2N3O2. The van der Waals surface area contributed by atoms with Gasteiger partial charge in [0.15, 0.2) is 5.96 Å². The second-order valence-electron chi connectivity index (χ2n) is 2.99. The van der Waals surface area contributed by atoms with Gasteiger partial charge in [0.25, 0.3) is 0 Å². The second-order valence-corrected chi connectivity index (χ2v) is 2.99. The van der Waals surface area contributed by atoms with Crippen molar-refractivity contribution < 1.29 is 9.90 Å². The van der Waals surface area contributed by atoms with E-state index in [0.717, 1.165) is 0 Å². The van der Waals surface area contributed by atoms with Crippen LogP contribution in [0, 0.1) is 5.41 Å². The van der Waals surface area contributed by atoms with Crippen LogP contribution in [0.25, 0.3) is 0 Å². The van der Waals surface area contributed by atoms with Crippen molar-refractivity contribution in [1.82, 2.24) is 5.32 Å². The molecule has 5 nitrogen and oxygen atoms in total. The van der Waals surface area contributed by atoms with E-state index < -0.39 is 11.3 Å². The van der Waals surface area contributed by atoms with Crippen molar-refractivity contribution >= 4 is 27.6 Å². The Bertz CT molecular complexity index is 164. The van der Waals surface area contributed by atoms with E-state index in [-0.39, 0.29) is 12.4 Å². The minimum absolute atomic E-state index is 0.0629. The Kier molecular flexibility index (Phi) is 2.98. The standard InChI is InChI=1S/C4H11B2N3O2/c5-4(6,1-2(10)11)9-3(7)8/h1,5-6H2,(H,10,11)(H4,7,8,9). The zero-order chi connectivity index (χ0) is 9.07. The van der Waals surface area contributed by atoms with Crippen molar-refractivity contribution in [3.05, 3.63) is 0 Å². The summed E-state index contributed by atoms with van der Waals surface area (Å²) < 4.78 is 0. The van der Waals surface area contributed by atoms with Gasteiger partial charge < -0.3 is 16.2 Å². The Morgan fingerprint density at radius 3 is 2.45 bits per heavy atom. The number of hydrogen-bond donors (Lipinski definition) is 4. The molecule has 0 heterocycles. The van der Waals surface area contributed by atoms with E-state index in [1.165, 1.54) is 0 Å². The largest absolute Gasteiger partial charge is 0.481 e.